The van der Waals surface area contributed by atoms with Gasteiger partial charge in [0.25, 0.3) is 11.6 Å². The molecule has 6 rings (SSSR count). The van der Waals surface area contributed by atoms with E-state index < -0.39 is 10.8 Å². The van der Waals surface area contributed by atoms with Crippen LogP contribution in [0.25, 0.3) is 43.4 Å². The molecule has 0 unspecified atom stereocenters. The predicted molar refractivity (Wildman–Crippen MR) is 143 cm³/mol. The molecule has 7 nitrogen and oxygen atoms in total. The van der Waals surface area contributed by atoms with Crippen LogP contribution in [0.5, 0.6) is 0 Å². The molecular formula is C26H13Cl2N3O4S. The molecule has 0 aliphatic carbocycles. The fourth-order valence-electron chi connectivity index (χ4n) is 4.13. The SMILES string of the molecule is O=C(Nc1ccc2oc(-c3cccc4c(Cl)cccc34)nc2c1)c1sc2c([N+](=O)[O-])cccc2c1Cl. The summed E-state index contributed by atoms with van der Waals surface area (Å²) in [5, 5.41) is 17.3. The molecule has 0 aliphatic rings. The van der Waals surface area contributed by atoms with Gasteiger partial charge in [0.15, 0.2) is 5.58 Å². The Labute approximate surface area is 217 Å². The minimum Gasteiger partial charge on any atom is -0.436 e. The highest BCUT2D eigenvalue weighted by atomic mass is 35.5. The maximum absolute atomic E-state index is 13.0. The number of nitro groups is 1. The average molecular weight is 534 g/mol. The molecule has 2 aromatic heterocycles. The number of fused-ring (bicyclic) bond motifs is 3. The Morgan fingerprint density at radius 3 is 2.56 bits per heavy atom. The van der Waals surface area contributed by atoms with Crippen LogP contribution in [-0.4, -0.2) is 15.8 Å². The Morgan fingerprint density at radius 1 is 0.972 bits per heavy atom. The Morgan fingerprint density at radius 2 is 1.72 bits per heavy atom. The Bertz CT molecular complexity index is 1860. The number of nitrogens with one attached hydrogen (secondary N) is 1. The number of hydrogen-bond acceptors (Lipinski definition) is 6. The third-order valence-electron chi connectivity index (χ3n) is 5.78. The zero-order valence-electron chi connectivity index (χ0n) is 18.1. The number of halogens is 2. The Hall–Kier alpha value is -3.98. The largest absolute Gasteiger partial charge is 0.436 e. The van der Waals surface area contributed by atoms with Gasteiger partial charge < -0.3 is 9.73 Å². The number of non-ortho nitro benzene ring substituents is 1. The van der Waals surface area contributed by atoms with Crippen molar-refractivity contribution in [3.63, 3.8) is 0 Å². The number of carbonyl (C=O) groups excluding carboxylic acids is 1. The molecule has 0 spiro atoms. The highest BCUT2D eigenvalue weighted by molar-refractivity contribution is 7.22. The van der Waals surface area contributed by atoms with Gasteiger partial charge in [0, 0.05) is 33.1 Å². The van der Waals surface area contributed by atoms with Gasteiger partial charge in [-0.3, -0.25) is 14.9 Å². The smallest absolute Gasteiger partial charge is 0.287 e. The van der Waals surface area contributed by atoms with Crippen LogP contribution in [0, 0.1) is 10.1 Å². The lowest BCUT2D eigenvalue weighted by Crippen LogP contribution is -2.10. The van der Waals surface area contributed by atoms with E-state index in [1.807, 2.05) is 36.4 Å². The molecule has 10 heteroatoms. The molecule has 0 saturated heterocycles. The number of nitrogens with zero attached hydrogens (tertiary/aromatic N) is 2. The first-order valence-electron chi connectivity index (χ1n) is 10.7. The molecule has 176 valence electrons. The van der Waals surface area contributed by atoms with Crippen LogP contribution in [0.2, 0.25) is 10.0 Å². The van der Waals surface area contributed by atoms with Crippen molar-refractivity contribution in [1.29, 1.82) is 0 Å². The van der Waals surface area contributed by atoms with Gasteiger partial charge in [-0.15, -0.1) is 11.3 Å². The summed E-state index contributed by atoms with van der Waals surface area (Å²) in [5.41, 5.74) is 2.30. The number of aromatic nitrogens is 1. The van der Waals surface area contributed by atoms with Gasteiger partial charge in [0.1, 0.15) is 15.1 Å². The van der Waals surface area contributed by atoms with E-state index in [1.165, 1.54) is 6.07 Å². The average Bonchev–Trinajstić information content (AvgIpc) is 3.44. The monoisotopic (exact) mass is 533 g/mol. The molecule has 0 atom stereocenters. The summed E-state index contributed by atoms with van der Waals surface area (Å²) in [6.45, 7) is 0. The minimum atomic E-state index is -0.489. The van der Waals surface area contributed by atoms with Crippen LogP contribution in [0.1, 0.15) is 9.67 Å². The molecule has 6 aromatic rings. The summed E-state index contributed by atoms with van der Waals surface area (Å²) >= 11 is 13.7. The Balaban J connectivity index is 1.35. The molecular weight excluding hydrogens is 521 g/mol. The van der Waals surface area contributed by atoms with Crippen LogP contribution >= 0.6 is 34.5 Å². The van der Waals surface area contributed by atoms with E-state index in [0.717, 1.165) is 27.7 Å². The maximum Gasteiger partial charge on any atom is 0.287 e. The van der Waals surface area contributed by atoms with Gasteiger partial charge in [0.05, 0.1) is 9.95 Å². The molecule has 0 aliphatic heterocycles. The van der Waals surface area contributed by atoms with Crippen molar-refractivity contribution in [2.24, 2.45) is 0 Å². The number of rotatable bonds is 4. The normalized spacial score (nSPS) is 11.4. The van der Waals surface area contributed by atoms with Crippen LogP contribution < -0.4 is 5.32 Å². The van der Waals surface area contributed by atoms with Crippen LogP contribution in [0.3, 0.4) is 0 Å². The fraction of sp³-hybridized carbons (Fsp3) is 0. The van der Waals surface area contributed by atoms with Gasteiger partial charge in [-0.2, -0.15) is 0 Å². The number of nitro benzene ring substituents is 1. The fourth-order valence-corrected chi connectivity index (χ4v) is 5.86. The quantitative estimate of drug-likeness (QED) is 0.181. The van der Waals surface area contributed by atoms with Crippen molar-refractivity contribution in [3.05, 3.63) is 97.8 Å². The van der Waals surface area contributed by atoms with Crippen molar-refractivity contribution in [1.82, 2.24) is 4.98 Å². The zero-order chi connectivity index (χ0) is 25.0. The number of amides is 1. The van der Waals surface area contributed by atoms with Gasteiger partial charge in [-0.05, 0) is 35.7 Å². The first kappa shape index (κ1) is 22.5. The number of anilines is 1. The van der Waals surface area contributed by atoms with E-state index in [1.54, 1.807) is 30.3 Å². The Kier molecular flexibility index (Phi) is 5.37. The summed E-state index contributed by atoms with van der Waals surface area (Å²) in [6.07, 6.45) is 0. The number of benzene rings is 4. The second-order valence-corrected chi connectivity index (χ2v) is 9.76. The highest BCUT2D eigenvalue weighted by Gasteiger charge is 2.23. The molecule has 1 amide bonds. The van der Waals surface area contributed by atoms with E-state index >= 15 is 0 Å². The third-order valence-corrected chi connectivity index (χ3v) is 7.84. The second kappa shape index (κ2) is 8.60. The van der Waals surface area contributed by atoms with Crippen LogP contribution in [0.4, 0.5) is 11.4 Å². The summed E-state index contributed by atoms with van der Waals surface area (Å²) < 4.78 is 6.34. The van der Waals surface area contributed by atoms with E-state index in [2.05, 4.69) is 10.3 Å². The van der Waals surface area contributed by atoms with E-state index in [9.17, 15) is 14.9 Å². The zero-order valence-corrected chi connectivity index (χ0v) is 20.4. The van der Waals surface area contributed by atoms with Crippen molar-refractivity contribution in [2.75, 3.05) is 5.32 Å². The second-order valence-electron chi connectivity index (χ2n) is 7.95. The third kappa shape index (κ3) is 3.67. The number of oxazole rings is 1. The van der Waals surface area contributed by atoms with Gasteiger partial charge in [-0.25, -0.2) is 4.98 Å². The van der Waals surface area contributed by atoms with E-state index in [-0.39, 0.29) is 15.6 Å². The minimum absolute atomic E-state index is 0.0929. The standard InChI is InChI=1S/C26H13Cl2N3O4S/c27-18-8-2-4-14-15(18)5-1-6-16(14)26-30-19-12-13(10-11-21(19)35-26)29-25(32)24-22(28)17-7-3-9-20(31(33)34)23(17)36-24/h1-12H,(H,29,32). The number of carbonyl (C=O) groups is 1. The molecule has 0 radical (unpaired) electrons. The molecule has 2 heterocycles. The molecule has 4 aromatic carbocycles. The molecule has 0 saturated carbocycles. The van der Waals surface area contributed by atoms with Crippen molar-refractivity contribution in [3.8, 4) is 11.5 Å². The van der Waals surface area contributed by atoms with Crippen LogP contribution in [-0.2, 0) is 0 Å². The molecule has 0 bridgehead atoms. The summed E-state index contributed by atoms with van der Waals surface area (Å²) in [7, 11) is 0. The topological polar surface area (TPSA) is 98.3 Å². The van der Waals surface area contributed by atoms with Crippen LogP contribution in [0.15, 0.2) is 77.2 Å². The highest BCUT2D eigenvalue weighted by Crippen LogP contribution is 2.40. The number of thiophene rings is 1. The first-order valence-corrected chi connectivity index (χ1v) is 12.2. The first-order chi connectivity index (χ1) is 17.4. The van der Waals surface area contributed by atoms with Crippen molar-refractivity contribution >= 4 is 83.8 Å². The van der Waals surface area contributed by atoms with Crippen molar-refractivity contribution < 1.29 is 14.1 Å². The maximum atomic E-state index is 13.0. The lowest BCUT2D eigenvalue weighted by Gasteiger charge is -2.04. The summed E-state index contributed by atoms with van der Waals surface area (Å²) in [6, 6.07) is 21.1. The lowest BCUT2D eigenvalue weighted by molar-refractivity contribution is -0.382. The van der Waals surface area contributed by atoms with Crippen molar-refractivity contribution in [2.45, 2.75) is 0 Å². The van der Waals surface area contributed by atoms with E-state index in [0.29, 0.717) is 37.8 Å². The van der Waals surface area contributed by atoms with Gasteiger partial charge in [0.2, 0.25) is 5.89 Å². The van der Waals surface area contributed by atoms with E-state index in [4.69, 9.17) is 27.6 Å². The van der Waals surface area contributed by atoms with Gasteiger partial charge in [-0.1, -0.05) is 59.6 Å². The predicted octanol–water partition coefficient (Wildman–Crippen LogP) is 8.33. The van der Waals surface area contributed by atoms with Gasteiger partial charge >= 0.3 is 0 Å². The summed E-state index contributed by atoms with van der Waals surface area (Å²) in [5.74, 6) is -0.0385. The summed E-state index contributed by atoms with van der Waals surface area (Å²) in [4.78, 5) is 28.7. The molecule has 0 fully saturated rings. The molecule has 1 N–H and O–H groups in total. The number of hydrogen-bond donors (Lipinski definition) is 1. The lowest BCUT2D eigenvalue weighted by atomic mass is 10.0. The molecule has 36 heavy (non-hydrogen) atoms.